The van der Waals surface area contributed by atoms with Gasteiger partial charge in [-0.1, -0.05) is 43.3 Å². The average molecular weight is 285 g/mol. The van der Waals surface area contributed by atoms with Crippen LogP contribution >= 0.6 is 0 Å². The van der Waals surface area contributed by atoms with Crippen LogP contribution in [0.25, 0.3) is 0 Å². The molecular formula is C18H23NO2. The smallest absolute Gasteiger partial charge is 0.119 e. The highest BCUT2D eigenvalue weighted by Crippen LogP contribution is 2.17. The number of benzene rings is 2. The Balaban J connectivity index is 1.93. The Hall–Kier alpha value is -1.84. The summed E-state index contributed by atoms with van der Waals surface area (Å²) in [6, 6.07) is 16.2. The monoisotopic (exact) mass is 285 g/mol. The fourth-order valence-electron chi connectivity index (χ4n) is 2.17. The molecule has 2 rings (SSSR count). The van der Waals surface area contributed by atoms with Gasteiger partial charge in [0.1, 0.15) is 12.4 Å². The first kappa shape index (κ1) is 15.5. The minimum absolute atomic E-state index is 0.123. The van der Waals surface area contributed by atoms with Crippen molar-refractivity contribution in [1.29, 1.82) is 0 Å². The highest BCUT2D eigenvalue weighted by atomic mass is 16.5. The standard InChI is InChI=1S/C18H23NO2/c1-3-14-7-9-16(10-8-14)18(19)13-21-17-6-4-5-15(11-17)12-20-2/h4-11,18H,3,12-13,19H2,1-2H3. The van der Waals surface area contributed by atoms with E-state index < -0.39 is 0 Å². The van der Waals surface area contributed by atoms with Gasteiger partial charge in [0.15, 0.2) is 0 Å². The predicted octanol–water partition coefficient (Wildman–Crippen LogP) is 3.47. The van der Waals surface area contributed by atoms with Crippen molar-refractivity contribution in [3.63, 3.8) is 0 Å². The van der Waals surface area contributed by atoms with Gasteiger partial charge in [0, 0.05) is 7.11 Å². The molecule has 21 heavy (non-hydrogen) atoms. The van der Waals surface area contributed by atoms with Crippen LogP contribution in [0.3, 0.4) is 0 Å². The highest BCUT2D eigenvalue weighted by molar-refractivity contribution is 5.29. The zero-order valence-corrected chi connectivity index (χ0v) is 12.7. The normalized spacial score (nSPS) is 12.1. The summed E-state index contributed by atoms with van der Waals surface area (Å²) in [4.78, 5) is 0. The fourth-order valence-corrected chi connectivity index (χ4v) is 2.17. The van der Waals surface area contributed by atoms with E-state index in [2.05, 4.69) is 31.2 Å². The summed E-state index contributed by atoms with van der Waals surface area (Å²) in [7, 11) is 1.68. The van der Waals surface area contributed by atoms with Crippen LogP contribution in [-0.2, 0) is 17.8 Å². The SMILES string of the molecule is CCc1ccc(C(N)COc2cccc(COC)c2)cc1. The Morgan fingerprint density at radius 3 is 2.48 bits per heavy atom. The maximum Gasteiger partial charge on any atom is 0.119 e. The molecule has 0 heterocycles. The third kappa shape index (κ3) is 4.59. The molecule has 0 bridgehead atoms. The summed E-state index contributed by atoms with van der Waals surface area (Å²) in [6.07, 6.45) is 1.04. The molecule has 0 radical (unpaired) electrons. The predicted molar refractivity (Wildman–Crippen MR) is 85.4 cm³/mol. The first-order valence-electron chi connectivity index (χ1n) is 7.28. The highest BCUT2D eigenvalue weighted by Gasteiger charge is 2.07. The van der Waals surface area contributed by atoms with E-state index in [1.807, 2.05) is 24.3 Å². The zero-order valence-electron chi connectivity index (χ0n) is 12.7. The molecule has 1 atom stereocenters. The Labute approximate surface area is 126 Å². The number of ether oxygens (including phenoxy) is 2. The molecule has 2 N–H and O–H groups in total. The van der Waals surface area contributed by atoms with Crippen molar-refractivity contribution in [3.05, 3.63) is 65.2 Å². The lowest BCUT2D eigenvalue weighted by atomic mass is 10.1. The fraction of sp³-hybridized carbons (Fsp3) is 0.333. The molecule has 0 fully saturated rings. The van der Waals surface area contributed by atoms with Gasteiger partial charge in [-0.25, -0.2) is 0 Å². The van der Waals surface area contributed by atoms with Crippen LogP contribution in [0.1, 0.15) is 29.7 Å². The third-order valence-corrected chi connectivity index (χ3v) is 3.46. The summed E-state index contributed by atoms with van der Waals surface area (Å²) >= 11 is 0. The number of rotatable bonds is 7. The van der Waals surface area contributed by atoms with Crippen molar-refractivity contribution in [2.75, 3.05) is 13.7 Å². The second-order valence-electron chi connectivity index (χ2n) is 5.09. The van der Waals surface area contributed by atoms with E-state index in [1.54, 1.807) is 7.11 Å². The topological polar surface area (TPSA) is 44.5 Å². The lowest BCUT2D eigenvalue weighted by Gasteiger charge is -2.14. The van der Waals surface area contributed by atoms with Gasteiger partial charge in [0.05, 0.1) is 12.6 Å². The summed E-state index contributed by atoms with van der Waals surface area (Å²) in [5.41, 5.74) is 9.69. The quantitative estimate of drug-likeness (QED) is 0.847. The maximum atomic E-state index is 6.18. The third-order valence-electron chi connectivity index (χ3n) is 3.46. The van der Waals surface area contributed by atoms with E-state index in [1.165, 1.54) is 5.56 Å². The van der Waals surface area contributed by atoms with E-state index in [-0.39, 0.29) is 6.04 Å². The lowest BCUT2D eigenvalue weighted by molar-refractivity contribution is 0.184. The molecule has 3 nitrogen and oxygen atoms in total. The van der Waals surface area contributed by atoms with Gasteiger partial charge in [-0.15, -0.1) is 0 Å². The molecule has 3 heteroatoms. The molecule has 0 aromatic heterocycles. The molecule has 2 aromatic rings. The second-order valence-corrected chi connectivity index (χ2v) is 5.09. The van der Waals surface area contributed by atoms with E-state index in [9.17, 15) is 0 Å². The molecule has 112 valence electrons. The van der Waals surface area contributed by atoms with Crippen molar-refractivity contribution in [3.8, 4) is 5.75 Å². The number of aryl methyl sites for hydroxylation is 1. The lowest BCUT2D eigenvalue weighted by Crippen LogP contribution is -2.19. The molecule has 0 saturated carbocycles. The molecule has 2 aromatic carbocycles. The molecule has 0 aliphatic carbocycles. The number of hydrogen-bond donors (Lipinski definition) is 1. The van der Waals surface area contributed by atoms with Crippen LogP contribution in [0.4, 0.5) is 0 Å². The molecular weight excluding hydrogens is 262 g/mol. The van der Waals surface area contributed by atoms with Gasteiger partial charge >= 0.3 is 0 Å². The first-order chi connectivity index (χ1) is 10.2. The number of hydrogen-bond acceptors (Lipinski definition) is 3. The van der Waals surface area contributed by atoms with Crippen molar-refractivity contribution in [2.24, 2.45) is 5.73 Å². The summed E-state index contributed by atoms with van der Waals surface area (Å²) in [6.45, 7) is 3.19. The van der Waals surface area contributed by atoms with Crippen LogP contribution in [0.5, 0.6) is 5.75 Å². The molecule has 0 aliphatic rings. The van der Waals surface area contributed by atoms with Gasteiger partial charge in [-0.2, -0.15) is 0 Å². The zero-order chi connectivity index (χ0) is 15.1. The van der Waals surface area contributed by atoms with Gasteiger partial charge in [0.25, 0.3) is 0 Å². The van der Waals surface area contributed by atoms with Crippen LogP contribution in [0, 0.1) is 0 Å². The average Bonchev–Trinajstić information content (AvgIpc) is 2.53. The Bertz CT molecular complexity index is 551. The summed E-state index contributed by atoms with van der Waals surface area (Å²) < 4.78 is 10.9. The molecule has 0 spiro atoms. The van der Waals surface area contributed by atoms with Crippen LogP contribution in [0.15, 0.2) is 48.5 Å². The Morgan fingerprint density at radius 1 is 1.05 bits per heavy atom. The van der Waals surface area contributed by atoms with Gasteiger partial charge < -0.3 is 15.2 Å². The van der Waals surface area contributed by atoms with E-state index in [4.69, 9.17) is 15.2 Å². The van der Waals surface area contributed by atoms with Gasteiger partial charge in [-0.05, 0) is 35.2 Å². The first-order valence-corrected chi connectivity index (χ1v) is 7.28. The van der Waals surface area contributed by atoms with Crippen molar-refractivity contribution >= 4 is 0 Å². The molecule has 0 amide bonds. The Kier molecular flexibility index (Phi) is 5.78. The van der Waals surface area contributed by atoms with Gasteiger partial charge in [-0.3, -0.25) is 0 Å². The molecule has 0 aliphatic heterocycles. The van der Waals surface area contributed by atoms with Gasteiger partial charge in [0.2, 0.25) is 0 Å². The number of nitrogens with two attached hydrogens (primary N) is 1. The van der Waals surface area contributed by atoms with Crippen LogP contribution in [0.2, 0.25) is 0 Å². The van der Waals surface area contributed by atoms with Crippen LogP contribution in [-0.4, -0.2) is 13.7 Å². The molecule has 0 saturated heterocycles. The number of methoxy groups -OCH3 is 1. The molecule has 1 unspecified atom stereocenters. The summed E-state index contributed by atoms with van der Waals surface area (Å²) in [5, 5.41) is 0. The van der Waals surface area contributed by atoms with E-state index in [0.717, 1.165) is 23.3 Å². The Morgan fingerprint density at radius 2 is 1.81 bits per heavy atom. The summed E-state index contributed by atoms with van der Waals surface area (Å²) in [5.74, 6) is 0.824. The second kappa shape index (κ2) is 7.81. The van der Waals surface area contributed by atoms with Crippen LogP contribution < -0.4 is 10.5 Å². The maximum absolute atomic E-state index is 6.18. The largest absolute Gasteiger partial charge is 0.492 e. The minimum atomic E-state index is -0.123. The minimum Gasteiger partial charge on any atom is -0.492 e. The van der Waals surface area contributed by atoms with E-state index in [0.29, 0.717) is 13.2 Å². The van der Waals surface area contributed by atoms with E-state index >= 15 is 0 Å². The van der Waals surface area contributed by atoms with Crippen molar-refractivity contribution in [2.45, 2.75) is 26.0 Å². The van der Waals surface area contributed by atoms with Crippen molar-refractivity contribution < 1.29 is 9.47 Å². The van der Waals surface area contributed by atoms with Crippen molar-refractivity contribution in [1.82, 2.24) is 0 Å².